The molecule has 0 aromatic heterocycles. The fourth-order valence-electron chi connectivity index (χ4n) is 0.839. The first kappa shape index (κ1) is 9.97. The number of anilines is 1. The van der Waals surface area contributed by atoms with Gasteiger partial charge >= 0.3 is 0 Å². The predicted molar refractivity (Wildman–Crippen MR) is 51.0 cm³/mol. The summed E-state index contributed by atoms with van der Waals surface area (Å²) in [5.41, 5.74) is 4.10. The van der Waals surface area contributed by atoms with Gasteiger partial charge in [0.1, 0.15) is 0 Å². The minimum absolute atomic E-state index is 0.677. The average molecular weight is 201 g/mol. The van der Waals surface area contributed by atoms with Crippen LogP contribution in [0, 0.1) is 6.92 Å². The third-order valence-electron chi connectivity index (χ3n) is 1.47. The maximum absolute atomic E-state index is 10.5. The van der Waals surface area contributed by atoms with Gasteiger partial charge in [0.25, 0.3) is 10.2 Å². The molecule has 6 heteroatoms. The molecule has 1 aromatic rings. The first-order valence-corrected chi connectivity index (χ1v) is 5.15. The highest BCUT2D eigenvalue weighted by Gasteiger charge is 2.00. The van der Waals surface area contributed by atoms with E-state index >= 15 is 0 Å². The number of rotatable bonds is 3. The summed E-state index contributed by atoms with van der Waals surface area (Å²) in [5.74, 6) is 0. The molecule has 0 heterocycles. The second kappa shape index (κ2) is 3.73. The molecule has 72 valence electrons. The minimum atomic E-state index is -3.70. The lowest BCUT2D eigenvalue weighted by Gasteiger charge is -2.07. The molecule has 0 radical (unpaired) electrons. The van der Waals surface area contributed by atoms with Gasteiger partial charge in [0, 0.05) is 0 Å². The van der Waals surface area contributed by atoms with Crippen molar-refractivity contribution in [1.82, 2.24) is 4.83 Å². The molecule has 0 saturated carbocycles. The molecule has 0 aliphatic rings. The van der Waals surface area contributed by atoms with E-state index in [-0.39, 0.29) is 0 Å². The summed E-state index contributed by atoms with van der Waals surface area (Å²) in [7, 11) is -3.70. The molecule has 4 N–H and O–H groups in total. The highest BCUT2D eigenvalue weighted by molar-refractivity contribution is 7.87. The molecule has 0 amide bonds. The Balaban J connectivity index is 2.71. The molecular weight excluding hydrogens is 190 g/mol. The monoisotopic (exact) mass is 201 g/mol. The summed E-state index contributed by atoms with van der Waals surface area (Å²) in [6.45, 7) is 1.85. The summed E-state index contributed by atoms with van der Waals surface area (Å²) in [6.07, 6.45) is 0. The molecule has 0 unspecified atom stereocenters. The van der Waals surface area contributed by atoms with E-state index in [1.165, 1.54) is 0 Å². The van der Waals surface area contributed by atoms with Crippen LogP contribution in [-0.2, 0) is 10.2 Å². The Morgan fingerprint density at radius 2 is 1.92 bits per heavy atom. The van der Waals surface area contributed by atoms with E-state index in [4.69, 9.17) is 5.14 Å². The van der Waals surface area contributed by atoms with Crippen molar-refractivity contribution in [1.29, 1.82) is 0 Å². The van der Waals surface area contributed by atoms with Gasteiger partial charge in [0.05, 0.1) is 5.69 Å². The molecule has 0 spiro atoms. The zero-order valence-electron chi connectivity index (χ0n) is 7.11. The average Bonchev–Trinajstić information content (AvgIpc) is 2.01. The SMILES string of the molecule is Cc1ccccc1NNS(N)(=O)=O. The fraction of sp³-hybridized carbons (Fsp3) is 0.143. The Labute approximate surface area is 77.1 Å². The van der Waals surface area contributed by atoms with Gasteiger partial charge in [-0.1, -0.05) is 18.2 Å². The molecule has 0 fully saturated rings. The Hall–Kier alpha value is -1.11. The lowest BCUT2D eigenvalue weighted by molar-refractivity contribution is 0.589. The molecule has 0 atom stereocenters. The smallest absolute Gasteiger partial charge is 0.291 e. The maximum atomic E-state index is 10.5. The Morgan fingerprint density at radius 1 is 1.31 bits per heavy atom. The number of nitrogens with one attached hydrogen (secondary N) is 2. The summed E-state index contributed by atoms with van der Waals surface area (Å²) in [5, 5.41) is 4.73. The standard InChI is InChI=1S/C7H11N3O2S/c1-6-4-2-3-5-7(6)9-10-13(8,11)12/h2-5,9-10H,1H3,(H2,8,11,12). The molecule has 0 aliphatic carbocycles. The zero-order chi connectivity index (χ0) is 9.90. The van der Waals surface area contributed by atoms with Crippen molar-refractivity contribution >= 4 is 15.9 Å². The molecule has 0 aliphatic heterocycles. The van der Waals surface area contributed by atoms with Gasteiger partial charge in [0.15, 0.2) is 0 Å². The number of hydrogen-bond acceptors (Lipinski definition) is 3. The number of aryl methyl sites for hydroxylation is 1. The Kier molecular flexibility index (Phi) is 2.86. The summed E-state index contributed by atoms with van der Waals surface area (Å²) < 4.78 is 21.0. The molecule has 5 nitrogen and oxygen atoms in total. The maximum Gasteiger partial charge on any atom is 0.291 e. The number of nitrogens with two attached hydrogens (primary N) is 1. The van der Waals surface area contributed by atoms with E-state index < -0.39 is 10.2 Å². The first-order chi connectivity index (χ1) is 5.99. The van der Waals surface area contributed by atoms with Crippen LogP contribution in [0.25, 0.3) is 0 Å². The van der Waals surface area contributed by atoms with Gasteiger partial charge in [-0.3, -0.25) is 0 Å². The number of hydrazine groups is 1. The van der Waals surface area contributed by atoms with Crippen molar-refractivity contribution in [3.8, 4) is 0 Å². The minimum Gasteiger partial charge on any atom is -0.307 e. The second-order valence-corrected chi connectivity index (χ2v) is 3.88. The number of para-hydroxylation sites is 1. The van der Waals surface area contributed by atoms with Gasteiger partial charge < -0.3 is 5.43 Å². The van der Waals surface area contributed by atoms with Crippen LogP contribution < -0.4 is 15.4 Å². The van der Waals surface area contributed by atoms with E-state index in [1.807, 2.05) is 23.9 Å². The number of hydrogen-bond donors (Lipinski definition) is 3. The van der Waals surface area contributed by atoms with Crippen molar-refractivity contribution in [2.45, 2.75) is 6.92 Å². The van der Waals surface area contributed by atoms with Crippen LogP contribution in [0.3, 0.4) is 0 Å². The fourth-order valence-corrected chi connectivity index (χ4v) is 1.09. The van der Waals surface area contributed by atoms with Crippen LogP contribution in [0.4, 0.5) is 5.69 Å². The quantitative estimate of drug-likeness (QED) is 0.607. The van der Waals surface area contributed by atoms with Crippen LogP contribution in [0.15, 0.2) is 24.3 Å². The van der Waals surface area contributed by atoms with E-state index in [2.05, 4.69) is 5.43 Å². The molecular formula is C7H11N3O2S. The lowest BCUT2D eigenvalue weighted by Crippen LogP contribution is -2.35. The van der Waals surface area contributed by atoms with E-state index in [1.54, 1.807) is 12.1 Å². The molecule has 1 aromatic carbocycles. The molecule has 0 bridgehead atoms. The van der Waals surface area contributed by atoms with Gasteiger partial charge in [-0.05, 0) is 18.6 Å². The zero-order valence-corrected chi connectivity index (χ0v) is 7.93. The third-order valence-corrected chi connectivity index (χ3v) is 1.86. The Bertz CT molecular complexity index is 388. The van der Waals surface area contributed by atoms with Gasteiger partial charge in [-0.2, -0.15) is 8.42 Å². The van der Waals surface area contributed by atoms with E-state index in [0.29, 0.717) is 5.69 Å². The normalized spacial score (nSPS) is 11.2. The van der Waals surface area contributed by atoms with Crippen molar-refractivity contribution < 1.29 is 8.42 Å². The van der Waals surface area contributed by atoms with Crippen LogP contribution in [-0.4, -0.2) is 8.42 Å². The van der Waals surface area contributed by atoms with Crippen molar-refractivity contribution in [2.24, 2.45) is 5.14 Å². The van der Waals surface area contributed by atoms with Gasteiger partial charge in [-0.25, -0.2) is 5.14 Å². The van der Waals surface area contributed by atoms with Crippen molar-refractivity contribution in [3.05, 3.63) is 29.8 Å². The third kappa shape index (κ3) is 3.41. The van der Waals surface area contributed by atoms with Gasteiger partial charge in [-0.15, -0.1) is 4.83 Å². The van der Waals surface area contributed by atoms with Crippen LogP contribution >= 0.6 is 0 Å². The second-order valence-electron chi connectivity index (χ2n) is 2.59. The van der Waals surface area contributed by atoms with Crippen molar-refractivity contribution in [2.75, 3.05) is 5.43 Å². The Morgan fingerprint density at radius 3 is 2.46 bits per heavy atom. The highest BCUT2D eigenvalue weighted by atomic mass is 32.2. The van der Waals surface area contributed by atoms with Crippen molar-refractivity contribution in [3.63, 3.8) is 0 Å². The largest absolute Gasteiger partial charge is 0.307 e. The van der Waals surface area contributed by atoms with Gasteiger partial charge in [0.2, 0.25) is 0 Å². The van der Waals surface area contributed by atoms with Crippen LogP contribution in [0.5, 0.6) is 0 Å². The van der Waals surface area contributed by atoms with Crippen LogP contribution in [0.2, 0.25) is 0 Å². The predicted octanol–water partition coefficient (Wildman–Crippen LogP) is 0.115. The number of benzene rings is 1. The molecule has 1 rings (SSSR count). The first-order valence-electron chi connectivity index (χ1n) is 3.60. The molecule has 0 saturated heterocycles. The van der Waals surface area contributed by atoms with Crippen LogP contribution in [0.1, 0.15) is 5.56 Å². The topological polar surface area (TPSA) is 84.2 Å². The highest BCUT2D eigenvalue weighted by Crippen LogP contribution is 2.11. The molecule has 13 heavy (non-hydrogen) atoms. The summed E-state index contributed by atoms with van der Waals surface area (Å²) in [4.78, 5) is 1.98. The summed E-state index contributed by atoms with van der Waals surface area (Å²) in [6, 6.07) is 7.25. The lowest BCUT2D eigenvalue weighted by atomic mass is 10.2. The summed E-state index contributed by atoms with van der Waals surface area (Å²) >= 11 is 0. The van der Waals surface area contributed by atoms with E-state index in [9.17, 15) is 8.42 Å². The van der Waals surface area contributed by atoms with E-state index in [0.717, 1.165) is 5.56 Å².